The van der Waals surface area contributed by atoms with Crippen LogP contribution in [0.15, 0.2) is 48.5 Å². The van der Waals surface area contributed by atoms with Gasteiger partial charge in [0.15, 0.2) is 0 Å². The lowest BCUT2D eigenvalue weighted by molar-refractivity contribution is -0.121. The Balaban J connectivity index is 1.49. The van der Waals surface area contributed by atoms with Crippen LogP contribution < -0.4 is 5.32 Å². The van der Waals surface area contributed by atoms with E-state index in [4.69, 9.17) is 11.6 Å². The molecule has 1 aliphatic rings. The normalized spacial score (nSPS) is 14.3. The van der Waals surface area contributed by atoms with Crippen LogP contribution in [0.25, 0.3) is 0 Å². The summed E-state index contributed by atoms with van der Waals surface area (Å²) in [5.41, 5.74) is 1.82. The maximum Gasteiger partial charge on any atom is 0.261 e. The molecule has 6 heteroatoms. The largest absolute Gasteiger partial charge is 0.350 e. The molecule has 3 rings (SSSR count). The highest BCUT2D eigenvalue weighted by atomic mass is 35.5. The van der Waals surface area contributed by atoms with Crippen LogP contribution in [-0.2, 0) is 4.79 Å². The second-order valence-electron chi connectivity index (χ2n) is 6.25. The molecule has 134 valence electrons. The van der Waals surface area contributed by atoms with Crippen molar-refractivity contribution in [2.24, 2.45) is 0 Å². The minimum absolute atomic E-state index is 0.121. The summed E-state index contributed by atoms with van der Waals surface area (Å²) in [5, 5.41) is 3.56. The molecule has 3 amide bonds. The van der Waals surface area contributed by atoms with Crippen molar-refractivity contribution < 1.29 is 14.4 Å². The van der Waals surface area contributed by atoms with Crippen LogP contribution in [0.1, 0.15) is 52.1 Å². The lowest BCUT2D eigenvalue weighted by Crippen LogP contribution is -2.32. The van der Waals surface area contributed by atoms with Gasteiger partial charge in [-0.05, 0) is 43.2 Å². The molecule has 5 nitrogen and oxygen atoms in total. The maximum atomic E-state index is 12.3. The third-order valence-corrected chi connectivity index (χ3v) is 4.66. The van der Waals surface area contributed by atoms with Gasteiger partial charge in [-0.2, -0.15) is 0 Å². The zero-order chi connectivity index (χ0) is 18.7. The summed E-state index contributed by atoms with van der Waals surface area (Å²) < 4.78 is 0. The minimum atomic E-state index is -0.291. The molecule has 0 spiro atoms. The molecule has 0 radical (unpaired) electrons. The number of nitrogens with zero attached hydrogens (tertiary/aromatic N) is 1. The molecular formula is C20H19ClN2O3. The number of imide groups is 1. The third kappa shape index (κ3) is 3.78. The Morgan fingerprint density at radius 3 is 2.19 bits per heavy atom. The first-order valence-corrected chi connectivity index (χ1v) is 8.85. The second-order valence-corrected chi connectivity index (χ2v) is 6.69. The number of halogens is 1. The van der Waals surface area contributed by atoms with E-state index in [0.29, 0.717) is 22.6 Å². The molecule has 0 saturated carbocycles. The van der Waals surface area contributed by atoms with E-state index in [0.717, 1.165) is 5.56 Å². The molecule has 26 heavy (non-hydrogen) atoms. The summed E-state index contributed by atoms with van der Waals surface area (Å²) in [6, 6.07) is 13.9. The SMILES string of the molecule is C[C@@H](NC(=O)CCCN1C(=O)c2ccccc2C1=O)c1ccc(Cl)cc1. The van der Waals surface area contributed by atoms with E-state index < -0.39 is 0 Å². The van der Waals surface area contributed by atoms with Gasteiger partial charge < -0.3 is 5.32 Å². The molecule has 0 aromatic heterocycles. The lowest BCUT2D eigenvalue weighted by Gasteiger charge is -2.16. The van der Waals surface area contributed by atoms with Crippen LogP contribution in [0.3, 0.4) is 0 Å². The Morgan fingerprint density at radius 2 is 1.62 bits per heavy atom. The fourth-order valence-electron chi connectivity index (χ4n) is 2.99. The average molecular weight is 371 g/mol. The minimum Gasteiger partial charge on any atom is -0.350 e. The van der Waals surface area contributed by atoms with Gasteiger partial charge in [-0.25, -0.2) is 0 Å². The van der Waals surface area contributed by atoms with Crippen LogP contribution in [0.2, 0.25) is 5.02 Å². The number of rotatable bonds is 6. The Morgan fingerprint density at radius 1 is 1.04 bits per heavy atom. The first kappa shape index (κ1) is 18.1. The first-order valence-electron chi connectivity index (χ1n) is 8.47. The summed E-state index contributed by atoms with van der Waals surface area (Å²) in [7, 11) is 0. The monoisotopic (exact) mass is 370 g/mol. The van der Waals surface area contributed by atoms with Gasteiger partial charge in [-0.15, -0.1) is 0 Å². The topological polar surface area (TPSA) is 66.5 Å². The fraction of sp³-hybridized carbons (Fsp3) is 0.250. The van der Waals surface area contributed by atoms with Crippen molar-refractivity contribution in [2.45, 2.75) is 25.8 Å². The van der Waals surface area contributed by atoms with E-state index in [1.54, 1.807) is 36.4 Å². The summed E-state index contributed by atoms with van der Waals surface area (Å²) in [6.45, 7) is 2.13. The van der Waals surface area contributed by atoms with Crippen LogP contribution >= 0.6 is 11.6 Å². The van der Waals surface area contributed by atoms with E-state index >= 15 is 0 Å². The van der Waals surface area contributed by atoms with Gasteiger partial charge in [0.2, 0.25) is 5.91 Å². The predicted molar refractivity (Wildman–Crippen MR) is 99.1 cm³/mol. The van der Waals surface area contributed by atoms with Gasteiger partial charge in [0.1, 0.15) is 0 Å². The zero-order valence-electron chi connectivity index (χ0n) is 14.4. The van der Waals surface area contributed by atoms with E-state index in [2.05, 4.69) is 5.32 Å². The Hall–Kier alpha value is -2.66. The lowest BCUT2D eigenvalue weighted by atomic mass is 10.1. The van der Waals surface area contributed by atoms with Gasteiger partial charge in [0.05, 0.1) is 17.2 Å². The van der Waals surface area contributed by atoms with Gasteiger partial charge in [-0.1, -0.05) is 35.9 Å². The quantitative estimate of drug-likeness (QED) is 0.790. The van der Waals surface area contributed by atoms with Gasteiger partial charge in [-0.3, -0.25) is 19.3 Å². The van der Waals surface area contributed by atoms with Gasteiger partial charge in [0.25, 0.3) is 11.8 Å². The van der Waals surface area contributed by atoms with Crippen LogP contribution in [-0.4, -0.2) is 29.2 Å². The van der Waals surface area contributed by atoms with Crippen molar-refractivity contribution in [3.8, 4) is 0 Å². The zero-order valence-corrected chi connectivity index (χ0v) is 15.1. The molecule has 0 unspecified atom stereocenters. The fourth-order valence-corrected chi connectivity index (χ4v) is 3.11. The van der Waals surface area contributed by atoms with Crippen LogP contribution in [0.5, 0.6) is 0 Å². The third-order valence-electron chi connectivity index (χ3n) is 4.41. The Labute approximate surface area is 156 Å². The number of hydrogen-bond acceptors (Lipinski definition) is 3. The van der Waals surface area contributed by atoms with Crippen LogP contribution in [0.4, 0.5) is 0 Å². The molecule has 0 fully saturated rings. The second kappa shape index (κ2) is 7.70. The molecule has 1 heterocycles. The summed E-state index contributed by atoms with van der Waals surface area (Å²) in [5.74, 6) is -0.704. The summed E-state index contributed by atoms with van der Waals surface area (Å²) >= 11 is 5.86. The highest BCUT2D eigenvalue weighted by Gasteiger charge is 2.34. The number of fused-ring (bicyclic) bond motifs is 1. The van der Waals surface area contributed by atoms with Gasteiger partial charge >= 0.3 is 0 Å². The number of carbonyl (C=O) groups excluding carboxylic acids is 3. The maximum absolute atomic E-state index is 12.3. The summed E-state index contributed by atoms with van der Waals surface area (Å²) in [4.78, 5) is 37.9. The Bertz CT molecular complexity index is 813. The Kier molecular flexibility index (Phi) is 5.38. The predicted octanol–water partition coefficient (Wildman–Crippen LogP) is 3.59. The highest BCUT2D eigenvalue weighted by Crippen LogP contribution is 2.22. The van der Waals surface area contributed by atoms with E-state index in [-0.39, 0.29) is 36.7 Å². The molecule has 1 N–H and O–H groups in total. The molecule has 1 aliphatic heterocycles. The van der Waals surface area contributed by atoms with Crippen molar-refractivity contribution in [1.29, 1.82) is 0 Å². The van der Waals surface area contributed by atoms with Crippen LogP contribution in [0, 0.1) is 0 Å². The smallest absolute Gasteiger partial charge is 0.261 e. The standard InChI is InChI=1S/C20H19ClN2O3/c1-13(14-8-10-15(21)11-9-14)22-18(24)7-4-12-23-19(25)16-5-2-3-6-17(16)20(23)26/h2-3,5-6,8-11,13H,4,7,12H2,1H3,(H,22,24)/t13-/m1/s1. The van der Waals surface area contributed by atoms with Crippen molar-refractivity contribution in [3.63, 3.8) is 0 Å². The molecule has 0 bridgehead atoms. The average Bonchev–Trinajstić information content (AvgIpc) is 2.87. The molecule has 2 aromatic rings. The molecule has 2 aromatic carbocycles. The number of hydrogen-bond donors (Lipinski definition) is 1. The molecular weight excluding hydrogens is 352 g/mol. The molecule has 0 aliphatic carbocycles. The van der Waals surface area contributed by atoms with E-state index in [1.807, 2.05) is 19.1 Å². The van der Waals surface area contributed by atoms with Crippen molar-refractivity contribution in [2.75, 3.05) is 6.54 Å². The van der Waals surface area contributed by atoms with E-state index in [1.165, 1.54) is 4.90 Å². The van der Waals surface area contributed by atoms with Crippen molar-refractivity contribution in [3.05, 3.63) is 70.2 Å². The van der Waals surface area contributed by atoms with Crippen molar-refractivity contribution >= 4 is 29.3 Å². The number of carbonyl (C=O) groups is 3. The first-order chi connectivity index (χ1) is 12.5. The van der Waals surface area contributed by atoms with Crippen molar-refractivity contribution in [1.82, 2.24) is 10.2 Å². The summed E-state index contributed by atoms with van der Waals surface area (Å²) in [6.07, 6.45) is 0.663. The van der Waals surface area contributed by atoms with E-state index in [9.17, 15) is 14.4 Å². The molecule has 0 saturated heterocycles. The number of nitrogens with one attached hydrogen (secondary N) is 1. The number of benzene rings is 2. The highest BCUT2D eigenvalue weighted by molar-refractivity contribution is 6.30. The number of amides is 3. The van der Waals surface area contributed by atoms with Gasteiger partial charge in [0, 0.05) is 18.0 Å². The molecule has 1 atom stereocenters.